The van der Waals surface area contributed by atoms with Crippen molar-refractivity contribution in [2.75, 3.05) is 24.7 Å². The number of fused-ring (bicyclic) bond motifs is 1. The molecule has 0 N–H and O–H groups in total. The molecule has 0 saturated carbocycles. The van der Waals surface area contributed by atoms with E-state index in [-0.39, 0.29) is 31.9 Å². The number of rotatable bonds is 10. The summed E-state index contributed by atoms with van der Waals surface area (Å²) in [4.78, 5) is 37.8. The fourth-order valence-corrected chi connectivity index (χ4v) is 3.08. The molecule has 0 bridgehead atoms. The van der Waals surface area contributed by atoms with Crippen molar-refractivity contribution in [3.63, 3.8) is 0 Å². The quantitative estimate of drug-likeness (QED) is 0.142. The van der Waals surface area contributed by atoms with Gasteiger partial charge in [0.25, 0.3) is 5.71 Å². The molecule has 0 radical (unpaired) electrons. The Hall–Kier alpha value is -3.68. The minimum absolute atomic E-state index is 0.0412. The van der Waals surface area contributed by atoms with Gasteiger partial charge in [0.1, 0.15) is 0 Å². The summed E-state index contributed by atoms with van der Waals surface area (Å²) in [5.74, 6) is -1.60. The highest BCUT2D eigenvalue weighted by Crippen LogP contribution is 2.29. The molecule has 0 aromatic heterocycles. The molecule has 0 saturated heterocycles. The van der Waals surface area contributed by atoms with E-state index in [1.54, 1.807) is 44.2 Å². The van der Waals surface area contributed by atoms with E-state index in [9.17, 15) is 19.6 Å². The average Bonchev–Trinajstić information content (AvgIpc) is 3.02. The molecule has 2 rings (SSSR count). The smallest absolute Gasteiger partial charge is 0.330 e. The predicted molar refractivity (Wildman–Crippen MR) is 117 cm³/mol. The summed E-state index contributed by atoms with van der Waals surface area (Å²) in [7, 11) is 0. The van der Waals surface area contributed by atoms with Crippen LogP contribution in [-0.4, -0.2) is 54.1 Å². The number of carbonyl (C=O) groups excluding carboxylic acids is 3. The van der Waals surface area contributed by atoms with Gasteiger partial charge in [0, 0.05) is 25.1 Å². The predicted octanol–water partition coefficient (Wildman–Crippen LogP) is 2.52. The van der Waals surface area contributed by atoms with Gasteiger partial charge in [0.15, 0.2) is 6.04 Å². The number of nitrogens with zero attached hydrogens (tertiary/aromatic N) is 2. The van der Waals surface area contributed by atoms with Gasteiger partial charge in [-0.1, -0.05) is 24.3 Å². The third-order valence-electron chi connectivity index (χ3n) is 4.39. The summed E-state index contributed by atoms with van der Waals surface area (Å²) >= 11 is 0. The van der Waals surface area contributed by atoms with Crippen LogP contribution in [0.4, 0.5) is 5.69 Å². The number of benzene rings is 1. The van der Waals surface area contributed by atoms with Crippen molar-refractivity contribution in [1.82, 2.24) is 0 Å². The van der Waals surface area contributed by atoms with Gasteiger partial charge < -0.3 is 14.7 Å². The lowest BCUT2D eigenvalue weighted by atomic mass is 10.1. The zero-order valence-corrected chi connectivity index (χ0v) is 17.7. The summed E-state index contributed by atoms with van der Waals surface area (Å²) in [6, 6.07) is 6.03. The van der Waals surface area contributed by atoms with Gasteiger partial charge >= 0.3 is 17.8 Å². The third-order valence-corrected chi connectivity index (χ3v) is 4.39. The number of esters is 2. The molecule has 0 aliphatic carbocycles. The second kappa shape index (κ2) is 11.5. The number of ether oxygens (including phenoxy) is 2. The number of hydroxylamine groups is 1. The molecule has 31 heavy (non-hydrogen) atoms. The standard InChI is InChI=1S/C23H26N2O6/c1-4-16-24-19-12-8-7-11-18(19)22(23(24)28)25(29)17(14-15-21(27)31-6-3)10-9-13-20(26)30-5-2/h4,7-9,11-15,17H,1,5-6,10,16H2,2-3H3/b13-9+,15-14+,25-22+. The monoisotopic (exact) mass is 426 g/mol. The molecule has 1 heterocycles. The Bertz CT molecular complexity index is 932. The van der Waals surface area contributed by atoms with E-state index in [2.05, 4.69) is 6.58 Å². The van der Waals surface area contributed by atoms with E-state index in [0.717, 1.165) is 6.08 Å². The molecular formula is C23H26N2O6. The molecule has 8 nitrogen and oxygen atoms in total. The average molecular weight is 426 g/mol. The molecular weight excluding hydrogens is 400 g/mol. The second-order valence-electron chi connectivity index (χ2n) is 6.46. The van der Waals surface area contributed by atoms with E-state index in [0.29, 0.717) is 16.0 Å². The maximum absolute atomic E-state index is 13.3. The van der Waals surface area contributed by atoms with Gasteiger partial charge in [-0.25, -0.2) is 9.59 Å². The van der Waals surface area contributed by atoms with Crippen molar-refractivity contribution in [3.8, 4) is 0 Å². The van der Waals surface area contributed by atoms with E-state index in [1.807, 2.05) is 0 Å². The van der Waals surface area contributed by atoms with Crippen LogP contribution < -0.4 is 4.90 Å². The maximum Gasteiger partial charge on any atom is 0.330 e. The van der Waals surface area contributed by atoms with Crippen LogP contribution in [0.2, 0.25) is 0 Å². The first-order valence-electron chi connectivity index (χ1n) is 9.98. The molecule has 1 amide bonds. The van der Waals surface area contributed by atoms with Gasteiger partial charge in [-0.3, -0.25) is 9.69 Å². The summed E-state index contributed by atoms with van der Waals surface area (Å²) < 4.78 is 10.3. The summed E-state index contributed by atoms with van der Waals surface area (Å²) in [6.07, 6.45) is 6.83. The van der Waals surface area contributed by atoms with E-state index >= 15 is 0 Å². The Morgan fingerprint density at radius 1 is 1.16 bits per heavy atom. The largest absolute Gasteiger partial charge is 0.623 e. The number of anilines is 1. The molecule has 0 spiro atoms. The molecule has 1 aliphatic rings. The van der Waals surface area contributed by atoms with E-state index < -0.39 is 23.9 Å². The van der Waals surface area contributed by atoms with Crippen LogP contribution in [0.3, 0.4) is 0 Å². The van der Waals surface area contributed by atoms with Gasteiger partial charge in [-0.15, -0.1) is 6.58 Å². The van der Waals surface area contributed by atoms with Crippen molar-refractivity contribution >= 4 is 29.2 Å². The lowest BCUT2D eigenvalue weighted by Crippen LogP contribution is -2.36. The number of hydrogen-bond acceptors (Lipinski definition) is 6. The number of hydrogen-bond donors (Lipinski definition) is 0. The van der Waals surface area contributed by atoms with E-state index in [1.165, 1.54) is 23.1 Å². The molecule has 8 heteroatoms. The molecule has 1 aliphatic heterocycles. The van der Waals surface area contributed by atoms with Crippen molar-refractivity contribution in [2.24, 2.45) is 0 Å². The van der Waals surface area contributed by atoms with Crippen LogP contribution in [-0.2, 0) is 23.9 Å². The van der Waals surface area contributed by atoms with E-state index in [4.69, 9.17) is 9.47 Å². The van der Waals surface area contributed by atoms with Crippen LogP contribution in [0.15, 0.2) is 61.2 Å². The number of carbonyl (C=O) groups is 3. The molecule has 1 unspecified atom stereocenters. The Morgan fingerprint density at radius 2 is 1.81 bits per heavy atom. The first-order valence-corrected chi connectivity index (χ1v) is 9.98. The van der Waals surface area contributed by atoms with Gasteiger partial charge in [0.05, 0.1) is 24.5 Å². The van der Waals surface area contributed by atoms with Gasteiger partial charge in [-0.2, -0.15) is 4.74 Å². The zero-order valence-electron chi connectivity index (χ0n) is 17.7. The van der Waals surface area contributed by atoms with Crippen LogP contribution in [0, 0.1) is 5.21 Å². The normalized spacial score (nSPS) is 15.8. The Labute approximate surface area is 181 Å². The topological polar surface area (TPSA) is 99.0 Å². The second-order valence-corrected chi connectivity index (χ2v) is 6.46. The number of para-hydroxylation sites is 1. The van der Waals surface area contributed by atoms with Crippen molar-refractivity contribution in [3.05, 3.63) is 72.0 Å². The number of amides is 1. The lowest BCUT2D eigenvalue weighted by Gasteiger charge is -2.15. The third kappa shape index (κ3) is 5.91. The highest BCUT2D eigenvalue weighted by molar-refractivity contribution is 6.52. The maximum atomic E-state index is 13.3. The van der Waals surface area contributed by atoms with Crippen molar-refractivity contribution < 1.29 is 28.6 Å². The first-order chi connectivity index (χ1) is 14.9. The van der Waals surface area contributed by atoms with Crippen LogP contribution in [0.25, 0.3) is 0 Å². The zero-order chi connectivity index (χ0) is 22.8. The fourth-order valence-electron chi connectivity index (χ4n) is 3.08. The molecule has 164 valence electrons. The van der Waals surface area contributed by atoms with Gasteiger partial charge in [-0.05, 0) is 32.1 Å². The van der Waals surface area contributed by atoms with Crippen LogP contribution in [0.5, 0.6) is 0 Å². The minimum Gasteiger partial charge on any atom is -0.623 e. The highest BCUT2D eigenvalue weighted by atomic mass is 16.5. The lowest BCUT2D eigenvalue weighted by molar-refractivity contribution is -0.485. The Morgan fingerprint density at radius 3 is 2.45 bits per heavy atom. The van der Waals surface area contributed by atoms with Crippen LogP contribution in [0.1, 0.15) is 25.8 Å². The minimum atomic E-state index is -0.925. The Kier molecular flexibility index (Phi) is 8.75. The summed E-state index contributed by atoms with van der Waals surface area (Å²) in [6.45, 7) is 7.69. The van der Waals surface area contributed by atoms with Crippen LogP contribution >= 0.6 is 0 Å². The fraction of sp³-hybridized carbons (Fsp3) is 0.304. The first kappa shape index (κ1) is 23.6. The van der Waals surface area contributed by atoms with Crippen molar-refractivity contribution in [1.29, 1.82) is 0 Å². The van der Waals surface area contributed by atoms with Crippen molar-refractivity contribution in [2.45, 2.75) is 26.3 Å². The SMILES string of the molecule is C=CCN1C(=O)/C(=[N+](/[O-])C(/C=C/C(=O)OCC)C/C=C/C(=O)OCC)c2ccccc21. The molecule has 1 aromatic carbocycles. The molecule has 0 fully saturated rings. The molecule has 1 atom stereocenters. The highest BCUT2D eigenvalue weighted by Gasteiger charge is 2.40. The Balaban J connectivity index is 2.44. The molecule has 1 aromatic rings. The summed E-state index contributed by atoms with van der Waals surface area (Å²) in [5.41, 5.74) is 1.06. The van der Waals surface area contributed by atoms with Gasteiger partial charge in [0.2, 0.25) is 0 Å². The summed E-state index contributed by atoms with van der Waals surface area (Å²) in [5, 5.41) is 13.3.